The van der Waals surface area contributed by atoms with Crippen molar-refractivity contribution < 1.29 is 14.3 Å². The van der Waals surface area contributed by atoms with Crippen molar-refractivity contribution in [3.63, 3.8) is 0 Å². The predicted octanol–water partition coefficient (Wildman–Crippen LogP) is 1.59. The number of piperidine rings is 1. The third kappa shape index (κ3) is 4.86. The molecule has 2 heterocycles. The Morgan fingerprint density at radius 2 is 2.12 bits per heavy atom. The molecule has 138 valence electrons. The lowest BCUT2D eigenvalue weighted by molar-refractivity contribution is -0.126. The number of carbonyl (C=O) groups excluding carboxylic acids is 2. The van der Waals surface area contributed by atoms with E-state index in [9.17, 15) is 9.59 Å². The molecule has 7 heteroatoms. The topological polar surface area (TPSA) is 70.7 Å². The van der Waals surface area contributed by atoms with Crippen LogP contribution in [-0.4, -0.2) is 45.1 Å². The zero-order chi connectivity index (χ0) is 16.9. The van der Waals surface area contributed by atoms with Gasteiger partial charge in [-0.05, 0) is 56.1 Å². The largest absolute Gasteiger partial charge is 0.497 e. The van der Waals surface area contributed by atoms with E-state index in [1.165, 1.54) is 0 Å². The highest BCUT2D eigenvalue weighted by Gasteiger charge is 2.35. The number of amides is 2. The summed E-state index contributed by atoms with van der Waals surface area (Å²) in [6, 6.07) is 7.35. The number of nitrogens with zero attached hydrogens (tertiary/aromatic N) is 1. The molecule has 2 fully saturated rings. The minimum absolute atomic E-state index is 0. The molecule has 1 aromatic carbocycles. The quantitative estimate of drug-likeness (QED) is 0.829. The van der Waals surface area contributed by atoms with Gasteiger partial charge in [0.15, 0.2) is 0 Å². The number of methoxy groups -OCH3 is 1. The molecule has 0 spiro atoms. The lowest BCUT2D eigenvalue weighted by Crippen LogP contribution is -2.40. The molecule has 1 aromatic rings. The minimum atomic E-state index is -0.267. The second kappa shape index (κ2) is 9.06. The van der Waals surface area contributed by atoms with E-state index in [0.717, 1.165) is 37.4 Å². The molecule has 2 N–H and O–H groups in total. The Labute approximate surface area is 154 Å². The van der Waals surface area contributed by atoms with Crippen LogP contribution in [0, 0.1) is 11.8 Å². The average Bonchev–Trinajstić information content (AvgIpc) is 3.02. The molecule has 0 radical (unpaired) electrons. The van der Waals surface area contributed by atoms with Crippen molar-refractivity contribution in [1.82, 2.24) is 10.6 Å². The molecular weight excluding hydrogens is 342 g/mol. The van der Waals surface area contributed by atoms with E-state index < -0.39 is 0 Å². The van der Waals surface area contributed by atoms with E-state index in [2.05, 4.69) is 10.6 Å². The summed E-state index contributed by atoms with van der Waals surface area (Å²) in [6.45, 7) is 3.17. The van der Waals surface area contributed by atoms with E-state index in [0.29, 0.717) is 19.0 Å². The van der Waals surface area contributed by atoms with E-state index in [1.54, 1.807) is 12.0 Å². The first-order chi connectivity index (χ1) is 11.7. The molecule has 0 aliphatic carbocycles. The number of hydrogen-bond acceptors (Lipinski definition) is 4. The summed E-state index contributed by atoms with van der Waals surface area (Å²) in [6.07, 6.45) is 2.59. The van der Waals surface area contributed by atoms with Crippen molar-refractivity contribution >= 4 is 29.9 Å². The first kappa shape index (κ1) is 19.5. The maximum absolute atomic E-state index is 12.4. The highest BCUT2D eigenvalue weighted by molar-refractivity contribution is 6.00. The monoisotopic (exact) mass is 367 g/mol. The van der Waals surface area contributed by atoms with Crippen molar-refractivity contribution in [3.8, 4) is 5.75 Å². The van der Waals surface area contributed by atoms with Crippen LogP contribution in [0.5, 0.6) is 5.75 Å². The first-order valence-corrected chi connectivity index (χ1v) is 8.60. The molecule has 2 saturated heterocycles. The SMILES string of the molecule is COc1ccc(N2CC(C(=O)NCC3CCCNC3)CC2=O)cc1.Cl. The number of rotatable bonds is 5. The van der Waals surface area contributed by atoms with Crippen LogP contribution in [0.25, 0.3) is 0 Å². The molecule has 2 atom stereocenters. The highest BCUT2D eigenvalue weighted by atomic mass is 35.5. The Kier molecular flexibility index (Phi) is 7.08. The fraction of sp³-hybridized carbons (Fsp3) is 0.556. The summed E-state index contributed by atoms with van der Waals surface area (Å²) in [5, 5.41) is 6.38. The Balaban J connectivity index is 0.00000225. The Hall–Kier alpha value is -1.79. The summed E-state index contributed by atoms with van der Waals surface area (Å²) >= 11 is 0. The second-order valence-corrected chi connectivity index (χ2v) is 6.56. The Morgan fingerprint density at radius 3 is 2.76 bits per heavy atom. The van der Waals surface area contributed by atoms with Gasteiger partial charge in [-0.25, -0.2) is 0 Å². The lowest BCUT2D eigenvalue weighted by Gasteiger charge is -2.23. The molecule has 0 saturated carbocycles. The smallest absolute Gasteiger partial charge is 0.227 e. The van der Waals surface area contributed by atoms with E-state index >= 15 is 0 Å². The van der Waals surface area contributed by atoms with Crippen LogP contribution in [0.4, 0.5) is 5.69 Å². The number of hydrogen-bond donors (Lipinski definition) is 2. The normalized spacial score (nSPS) is 23.1. The summed E-state index contributed by atoms with van der Waals surface area (Å²) in [5.74, 6) is 0.971. The second-order valence-electron chi connectivity index (χ2n) is 6.56. The van der Waals surface area contributed by atoms with Gasteiger partial charge in [-0.1, -0.05) is 0 Å². The number of benzene rings is 1. The fourth-order valence-corrected chi connectivity index (χ4v) is 3.38. The predicted molar refractivity (Wildman–Crippen MR) is 99.3 cm³/mol. The molecule has 0 aromatic heterocycles. The van der Waals surface area contributed by atoms with Gasteiger partial charge in [0.2, 0.25) is 11.8 Å². The van der Waals surface area contributed by atoms with Crippen LogP contribution in [0.1, 0.15) is 19.3 Å². The zero-order valence-corrected chi connectivity index (χ0v) is 15.3. The van der Waals surface area contributed by atoms with Crippen LogP contribution < -0.4 is 20.3 Å². The number of anilines is 1. The summed E-state index contributed by atoms with van der Waals surface area (Å²) < 4.78 is 5.13. The zero-order valence-electron chi connectivity index (χ0n) is 14.5. The van der Waals surface area contributed by atoms with Gasteiger partial charge < -0.3 is 20.3 Å². The van der Waals surface area contributed by atoms with Gasteiger partial charge in [0.1, 0.15) is 5.75 Å². The molecule has 2 unspecified atom stereocenters. The number of nitrogens with one attached hydrogen (secondary N) is 2. The molecule has 2 aliphatic rings. The van der Waals surface area contributed by atoms with Gasteiger partial charge in [-0.15, -0.1) is 12.4 Å². The first-order valence-electron chi connectivity index (χ1n) is 8.60. The van der Waals surface area contributed by atoms with Crippen molar-refractivity contribution in [1.29, 1.82) is 0 Å². The number of halogens is 1. The van der Waals surface area contributed by atoms with Crippen LogP contribution in [-0.2, 0) is 9.59 Å². The molecule has 0 bridgehead atoms. The van der Waals surface area contributed by atoms with Gasteiger partial charge in [-0.2, -0.15) is 0 Å². The van der Waals surface area contributed by atoms with Crippen LogP contribution in [0.2, 0.25) is 0 Å². The van der Waals surface area contributed by atoms with Crippen LogP contribution >= 0.6 is 12.4 Å². The number of ether oxygens (including phenoxy) is 1. The third-order valence-electron chi connectivity index (χ3n) is 4.84. The van der Waals surface area contributed by atoms with Gasteiger partial charge in [0.25, 0.3) is 0 Å². The Morgan fingerprint density at radius 1 is 1.36 bits per heavy atom. The van der Waals surface area contributed by atoms with Crippen molar-refractivity contribution in [2.75, 3.05) is 38.2 Å². The molecule has 2 amide bonds. The third-order valence-corrected chi connectivity index (χ3v) is 4.84. The minimum Gasteiger partial charge on any atom is -0.497 e. The average molecular weight is 368 g/mol. The Bertz CT molecular complexity index is 588. The van der Waals surface area contributed by atoms with Crippen LogP contribution in [0.15, 0.2) is 24.3 Å². The van der Waals surface area contributed by atoms with Gasteiger partial charge in [-0.3, -0.25) is 9.59 Å². The summed E-state index contributed by atoms with van der Waals surface area (Å²) in [5.41, 5.74) is 0.813. The molecule has 25 heavy (non-hydrogen) atoms. The van der Waals surface area contributed by atoms with E-state index in [-0.39, 0.29) is 36.6 Å². The van der Waals surface area contributed by atoms with Gasteiger partial charge in [0, 0.05) is 25.2 Å². The van der Waals surface area contributed by atoms with Gasteiger partial charge in [0.05, 0.1) is 13.0 Å². The summed E-state index contributed by atoms with van der Waals surface area (Å²) in [7, 11) is 1.61. The van der Waals surface area contributed by atoms with E-state index in [1.807, 2.05) is 24.3 Å². The van der Waals surface area contributed by atoms with E-state index in [4.69, 9.17) is 4.74 Å². The fourth-order valence-electron chi connectivity index (χ4n) is 3.38. The van der Waals surface area contributed by atoms with Crippen molar-refractivity contribution in [2.45, 2.75) is 19.3 Å². The lowest BCUT2D eigenvalue weighted by atomic mass is 9.99. The molecule has 6 nitrogen and oxygen atoms in total. The molecular formula is C18H26ClN3O3. The maximum atomic E-state index is 12.4. The summed E-state index contributed by atoms with van der Waals surface area (Å²) in [4.78, 5) is 26.3. The molecule has 2 aliphatic heterocycles. The van der Waals surface area contributed by atoms with Gasteiger partial charge >= 0.3 is 0 Å². The number of carbonyl (C=O) groups is 2. The van der Waals surface area contributed by atoms with Crippen molar-refractivity contribution in [3.05, 3.63) is 24.3 Å². The standard InChI is InChI=1S/C18H25N3O3.ClH/c1-24-16-6-4-15(5-7-16)21-12-14(9-17(21)22)18(23)20-11-13-3-2-8-19-10-13;/h4-7,13-14,19H,2-3,8-12H2,1H3,(H,20,23);1H. The maximum Gasteiger partial charge on any atom is 0.227 e. The highest BCUT2D eigenvalue weighted by Crippen LogP contribution is 2.27. The molecule has 3 rings (SSSR count). The van der Waals surface area contributed by atoms with Crippen molar-refractivity contribution in [2.24, 2.45) is 11.8 Å². The van der Waals surface area contributed by atoms with Crippen LogP contribution in [0.3, 0.4) is 0 Å².